The highest BCUT2D eigenvalue weighted by atomic mass is 19.1. The van der Waals surface area contributed by atoms with Crippen LogP contribution in [0.25, 0.3) is 11.5 Å². The Bertz CT molecular complexity index is 792. The summed E-state index contributed by atoms with van der Waals surface area (Å²) in [5.41, 5.74) is -2.06. The SMILES string of the molecule is O=C(NC1(C(=O)O)CCCCC1)c1coc(-c2c(F)cccc2F)n1. The van der Waals surface area contributed by atoms with Crippen LogP contribution in [0.3, 0.4) is 0 Å². The number of carboxylic acids is 1. The molecular formula is C17H16F2N2O4. The van der Waals surface area contributed by atoms with E-state index in [9.17, 15) is 23.5 Å². The highest BCUT2D eigenvalue weighted by Gasteiger charge is 2.41. The largest absolute Gasteiger partial charge is 0.480 e. The van der Waals surface area contributed by atoms with Crippen molar-refractivity contribution < 1.29 is 27.9 Å². The van der Waals surface area contributed by atoms with Gasteiger partial charge in [0.05, 0.1) is 0 Å². The topological polar surface area (TPSA) is 92.4 Å². The van der Waals surface area contributed by atoms with Crippen molar-refractivity contribution in [1.82, 2.24) is 10.3 Å². The summed E-state index contributed by atoms with van der Waals surface area (Å²) in [6.45, 7) is 0. The lowest BCUT2D eigenvalue weighted by molar-refractivity contribution is -0.145. The number of aliphatic carboxylic acids is 1. The van der Waals surface area contributed by atoms with E-state index >= 15 is 0 Å². The zero-order valence-corrected chi connectivity index (χ0v) is 13.2. The summed E-state index contributed by atoms with van der Waals surface area (Å²) in [4.78, 5) is 27.8. The summed E-state index contributed by atoms with van der Waals surface area (Å²) >= 11 is 0. The lowest BCUT2D eigenvalue weighted by Gasteiger charge is -2.33. The van der Waals surface area contributed by atoms with E-state index in [4.69, 9.17) is 4.42 Å². The van der Waals surface area contributed by atoms with Crippen LogP contribution >= 0.6 is 0 Å². The van der Waals surface area contributed by atoms with Crippen LogP contribution in [0.2, 0.25) is 0 Å². The first-order valence-corrected chi connectivity index (χ1v) is 7.89. The molecule has 25 heavy (non-hydrogen) atoms. The summed E-state index contributed by atoms with van der Waals surface area (Å²) in [7, 11) is 0. The minimum atomic E-state index is -1.35. The molecule has 0 saturated heterocycles. The Labute approximate surface area is 141 Å². The normalized spacial score (nSPS) is 16.4. The molecule has 0 bridgehead atoms. The van der Waals surface area contributed by atoms with Gasteiger partial charge in [0.15, 0.2) is 5.69 Å². The third-order valence-corrected chi connectivity index (χ3v) is 4.38. The highest BCUT2D eigenvalue weighted by molar-refractivity contribution is 5.96. The van der Waals surface area contributed by atoms with Gasteiger partial charge >= 0.3 is 5.97 Å². The molecule has 0 radical (unpaired) electrons. The van der Waals surface area contributed by atoms with Crippen LogP contribution < -0.4 is 5.32 Å². The minimum absolute atomic E-state index is 0.233. The van der Waals surface area contributed by atoms with Crippen LogP contribution in [0.15, 0.2) is 28.9 Å². The van der Waals surface area contributed by atoms with Crippen molar-refractivity contribution in [3.05, 3.63) is 41.8 Å². The van der Waals surface area contributed by atoms with Crippen molar-refractivity contribution in [2.75, 3.05) is 0 Å². The number of hydrogen-bond donors (Lipinski definition) is 2. The minimum Gasteiger partial charge on any atom is -0.480 e. The maximum atomic E-state index is 13.8. The summed E-state index contributed by atoms with van der Waals surface area (Å²) < 4.78 is 32.6. The number of amides is 1. The second-order valence-corrected chi connectivity index (χ2v) is 6.04. The number of benzene rings is 1. The number of oxazole rings is 1. The first-order valence-electron chi connectivity index (χ1n) is 7.89. The van der Waals surface area contributed by atoms with Gasteiger partial charge in [-0.1, -0.05) is 25.3 Å². The molecule has 2 N–H and O–H groups in total. The van der Waals surface area contributed by atoms with E-state index < -0.39 is 34.6 Å². The van der Waals surface area contributed by atoms with E-state index in [1.807, 2.05) is 0 Å². The van der Waals surface area contributed by atoms with Gasteiger partial charge in [-0.25, -0.2) is 18.6 Å². The molecule has 1 saturated carbocycles. The number of carbonyl (C=O) groups excluding carboxylic acids is 1. The molecule has 1 fully saturated rings. The molecule has 132 valence electrons. The number of aromatic nitrogens is 1. The van der Waals surface area contributed by atoms with Gasteiger partial charge in [0.1, 0.15) is 29.0 Å². The van der Waals surface area contributed by atoms with Crippen LogP contribution in [0.4, 0.5) is 8.78 Å². The van der Waals surface area contributed by atoms with Crippen LogP contribution in [0, 0.1) is 11.6 Å². The second-order valence-electron chi connectivity index (χ2n) is 6.04. The van der Waals surface area contributed by atoms with E-state index in [2.05, 4.69) is 10.3 Å². The Balaban J connectivity index is 1.84. The van der Waals surface area contributed by atoms with Crippen molar-refractivity contribution in [3.8, 4) is 11.5 Å². The Kier molecular flexibility index (Phi) is 4.52. The predicted molar refractivity (Wildman–Crippen MR) is 82.8 cm³/mol. The number of rotatable bonds is 4. The van der Waals surface area contributed by atoms with Crippen molar-refractivity contribution >= 4 is 11.9 Å². The lowest BCUT2D eigenvalue weighted by atomic mass is 9.81. The molecule has 0 aliphatic heterocycles. The van der Waals surface area contributed by atoms with Gasteiger partial charge in [-0.2, -0.15) is 0 Å². The maximum Gasteiger partial charge on any atom is 0.329 e. The Morgan fingerprint density at radius 3 is 2.40 bits per heavy atom. The average Bonchev–Trinajstić information content (AvgIpc) is 3.05. The van der Waals surface area contributed by atoms with Crippen molar-refractivity contribution in [3.63, 3.8) is 0 Å². The zero-order chi connectivity index (χ0) is 18.0. The molecular weight excluding hydrogens is 334 g/mol. The molecule has 0 atom stereocenters. The van der Waals surface area contributed by atoms with Crippen LogP contribution in [0.1, 0.15) is 42.6 Å². The van der Waals surface area contributed by atoms with Gasteiger partial charge in [-0.05, 0) is 25.0 Å². The number of nitrogens with zero attached hydrogens (tertiary/aromatic N) is 1. The van der Waals surface area contributed by atoms with Crippen molar-refractivity contribution in [2.24, 2.45) is 0 Å². The second kappa shape index (κ2) is 6.62. The molecule has 0 spiro atoms. The highest BCUT2D eigenvalue weighted by Crippen LogP contribution is 2.29. The monoisotopic (exact) mass is 350 g/mol. The van der Waals surface area contributed by atoms with E-state index in [1.54, 1.807) is 0 Å². The summed E-state index contributed by atoms with van der Waals surface area (Å²) in [5, 5.41) is 12.0. The molecule has 1 aliphatic carbocycles. The van der Waals surface area contributed by atoms with Gasteiger partial charge in [-0.15, -0.1) is 0 Å². The third-order valence-electron chi connectivity index (χ3n) is 4.38. The number of nitrogens with one attached hydrogen (secondary N) is 1. The smallest absolute Gasteiger partial charge is 0.329 e. The maximum absolute atomic E-state index is 13.8. The molecule has 3 rings (SSSR count). The summed E-state index contributed by atoms with van der Waals surface area (Å²) in [5.74, 6) is -3.99. The fourth-order valence-electron chi connectivity index (χ4n) is 3.02. The molecule has 1 aromatic heterocycles. The molecule has 1 amide bonds. The molecule has 8 heteroatoms. The predicted octanol–water partition coefficient (Wildman–Crippen LogP) is 3.14. The quantitative estimate of drug-likeness (QED) is 0.884. The fraction of sp³-hybridized carbons (Fsp3) is 0.353. The third kappa shape index (κ3) is 3.24. The van der Waals surface area contributed by atoms with Crippen LogP contribution in [-0.4, -0.2) is 27.5 Å². The fourth-order valence-corrected chi connectivity index (χ4v) is 3.02. The molecule has 1 aliphatic rings. The Morgan fingerprint density at radius 1 is 1.16 bits per heavy atom. The Morgan fingerprint density at radius 2 is 1.80 bits per heavy atom. The first kappa shape index (κ1) is 17.1. The number of carbonyl (C=O) groups is 2. The van der Waals surface area contributed by atoms with Gasteiger partial charge in [0.25, 0.3) is 5.91 Å². The lowest BCUT2D eigenvalue weighted by Crippen LogP contribution is -2.55. The number of halogens is 2. The first-order chi connectivity index (χ1) is 11.9. The molecule has 1 heterocycles. The van der Waals surface area contributed by atoms with Crippen molar-refractivity contribution in [2.45, 2.75) is 37.6 Å². The molecule has 6 nitrogen and oxygen atoms in total. The summed E-state index contributed by atoms with van der Waals surface area (Å²) in [6, 6.07) is 3.29. The zero-order valence-electron chi connectivity index (χ0n) is 13.2. The van der Waals surface area contributed by atoms with Gasteiger partial charge in [0.2, 0.25) is 5.89 Å². The van der Waals surface area contributed by atoms with Gasteiger partial charge < -0.3 is 14.8 Å². The van der Waals surface area contributed by atoms with E-state index in [1.165, 1.54) is 6.07 Å². The number of hydrogen-bond acceptors (Lipinski definition) is 4. The van der Waals surface area contributed by atoms with Crippen LogP contribution in [0.5, 0.6) is 0 Å². The van der Waals surface area contributed by atoms with Crippen LogP contribution in [-0.2, 0) is 4.79 Å². The van der Waals surface area contributed by atoms with E-state index in [0.29, 0.717) is 25.7 Å². The van der Waals surface area contributed by atoms with Gasteiger partial charge in [-0.3, -0.25) is 4.79 Å². The molecule has 2 aromatic rings. The van der Waals surface area contributed by atoms with Gasteiger partial charge in [0, 0.05) is 0 Å². The molecule has 0 unspecified atom stereocenters. The summed E-state index contributed by atoms with van der Waals surface area (Å²) in [6.07, 6.45) is 3.89. The average molecular weight is 350 g/mol. The van der Waals surface area contributed by atoms with E-state index in [0.717, 1.165) is 24.8 Å². The standard InChI is InChI=1S/C17H16F2N2O4/c18-10-5-4-6-11(19)13(10)15-20-12(9-25-15)14(22)21-17(16(23)24)7-2-1-3-8-17/h4-6,9H,1-3,7-8H2,(H,21,22)(H,23,24). The number of carboxylic acid groups (broad SMARTS) is 1. The molecule has 1 aromatic carbocycles. The Hall–Kier alpha value is -2.77. The van der Waals surface area contributed by atoms with Crippen molar-refractivity contribution in [1.29, 1.82) is 0 Å². The van der Waals surface area contributed by atoms with E-state index in [-0.39, 0.29) is 11.6 Å².